The van der Waals surface area contributed by atoms with E-state index in [9.17, 15) is 4.79 Å². The molecule has 0 saturated carbocycles. The Hall–Kier alpha value is -2.63. The fourth-order valence-electron chi connectivity index (χ4n) is 2.71. The molecule has 0 radical (unpaired) electrons. The van der Waals surface area contributed by atoms with Crippen LogP contribution < -0.4 is 10.1 Å². The molecule has 6 nitrogen and oxygen atoms in total. The number of carbonyl (C=O) groups excluding carboxylic acids is 1. The normalized spacial score (nSPS) is 10.5. The van der Waals surface area contributed by atoms with E-state index in [2.05, 4.69) is 29.1 Å². The van der Waals surface area contributed by atoms with Crippen molar-refractivity contribution in [1.29, 1.82) is 0 Å². The van der Waals surface area contributed by atoms with Crippen molar-refractivity contribution in [2.45, 2.75) is 40.5 Å². The Kier molecular flexibility index (Phi) is 7.38. The van der Waals surface area contributed by atoms with E-state index >= 15 is 0 Å². The van der Waals surface area contributed by atoms with Gasteiger partial charge in [0.25, 0.3) is 5.91 Å². The van der Waals surface area contributed by atoms with Gasteiger partial charge in [0, 0.05) is 24.8 Å². The van der Waals surface area contributed by atoms with Crippen LogP contribution in [0.15, 0.2) is 30.3 Å². The standard InChI is InChI=1S/C20H28N4O2/c1-5-12-24(13-6-2)20(25)18-14-19(22-15(4)21-18)23-16-8-10-17(11-9-16)26-7-3/h8-11,14H,5-7,12-13H2,1-4H3,(H,21,22,23). The van der Waals surface area contributed by atoms with E-state index in [1.165, 1.54) is 0 Å². The Morgan fingerprint density at radius 2 is 1.73 bits per heavy atom. The summed E-state index contributed by atoms with van der Waals surface area (Å²) in [5.74, 6) is 1.95. The van der Waals surface area contributed by atoms with Crippen LogP contribution in [0, 0.1) is 6.92 Å². The summed E-state index contributed by atoms with van der Waals surface area (Å²) in [4.78, 5) is 23.4. The zero-order chi connectivity index (χ0) is 18.9. The molecule has 2 aromatic rings. The molecule has 0 atom stereocenters. The van der Waals surface area contributed by atoms with E-state index in [0.717, 1.165) is 37.4 Å². The average molecular weight is 356 g/mol. The number of hydrogen-bond acceptors (Lipinski definition) is 5. The summed E-state index contributed by atoms with van der Waals surface area (Å²) in [6.07, 6.45) is 1.85. The second-order valence-electron chi connectivity index (χ2n) is 6.06. The summed E-state index contributed by atoms with van der Waals surface area (Å²) in [5, 5.41) is 3.23. The summed E-state index contributed by atoms with van der Waals surface area (Å²) in [6.45, 7) is 9.99. The lowest BCUT2D eigenvalue weighted by Gasteiger charge is -2.21. The molecule has 0 saturated heterocycles. The van der Waals surface area contributed by atoms with Crippen LogP contribution in [0.3, 0.4) is 0 Å². The number of nitrogens with one attached hydrogen (secondary N) is 1. The number of benzene rings is 1. The van der Waals surface area contributed by atoms with Crippen molar-refractivity contribution in [3.05, 3.63) is 41.9 Å². The number of carbonyl (C=O) groups is 1. The van der Waals surface area contributed by atoms with Gasteiger partial charge in [-0.25, -0.2) is 9.97 Å². The molecule has 0 unspecified atom stereocenters. The predicted octanol–water partition coefficient (Wildman–Crippen LogP) is 4.19. The maximum atomic E-state index is 12.8. The van der Waals surface area contributed by atoms with Crippen LogP contribution in [-0.4, -0.2) is 40.5 Å². The summed E-state index contributed by atoms with van der Waals surface area (Å²) < 4.78 is 5.45. The monoisotopic (exact) mass is 356 g/mol. The number of nitrogens with zero attached hydrogens (tertiary/aromatic N) is 3. The molecule has 0 bridgehead atoms. The van der Waals surface area contributed by atoms with Crippen molar-refractivity contribution >= 4 is 17.4 Å². The highest BCUT2D eigenvalue weighted by molar-refractivity contribution is 5.93. The highest BCUT2D eigenvalue weighted by Gasteiger charge is 2.17. The van der Waals surface area contributed by atoms with Gasteiger partial charge in [-0.1, -0.05) is 13.8 Å². The van der Waals surface area contributed by atoms with Gasteiger partial charge in [-0.2, -0.15) is 0 Å². The predicted molar refractivity (Wildman–Crippen MR) is 104 cm³/mol. The first-order valence-electron chi connectivity index (χ1n) is 9.22. The van der Waals surface area contributed by atoms with Gasteiger partial charge < -0.3 is 15.0 Å². The third-order valence-corrected chi connectivity index (χ3v) is 3.77. The molecule has 1 amide bonds. The average Bonchev–Trinajstić information content (AvgIpc) is 2.62. The minimum absolute atomic E-state index is 0.0473. The van der Waals surface area contributed by atoms with Crippen LogP contribution in [0.1, 0.15) is 49.9 Å². The number of aromatic nitrogens is 2. The first kappa shape index (κ1) is 19.7. The number of rotatable bonds is 9. The van der Waals surface area contributed by atoms with Gasteiger partial charge in [-0.05, 0) is 51.0 Å². The molecule has 1 aromatic carbocycles. The second-order valence-corrected chi connectivity index (χ2v) is 6.06. The minimum Gasteiger partial charge on any atom is -0.494 e. The van der Waals surface area contributed by atoms with Gasteiger partial charge in [-0.15, -0.1) is 0 Å². The van der Waals surface area contributed by atoms with Gasteiger partial charge in [0.2, 0.25) is 0 Å². The van der Waals surface area contributed by atoms with Gasteiger partial charge in [0.15, 0.2) is 0 Å². The fraction of sp³-hybridized carbons (Fsp3) is 0.450. The Morgan fingerprint density at radius 1 is 1.08 bits per heavy atom. The number of ether oxygens (including phenoxy) is 1. The topological polar surface area (TPSA) is 67.4 Å². The molecule has 0 aliphatic carbocycles. The van der Waals surface area contributed by atoms with E-state index in [4.69, 9.17) is 4.74 Å². The van der Waals surface area contributed by atoms with E-state index in [1.54, 1.807) is 13.0 Å². The first-order chi connectivity index (χ1) is 12.6. The molecular weight excluding hydrogens is 328 g/mol. The maximum absolute atomic E-state index is 12.8. The molecule has 140 valence electrons. The highest BCUT2D eigenvalue weighted by atomic mass is 16.5. The Bertz CT molecular complexity index is 710. The van der Waals surface area contributed by atoms with E-state index in [0.29, 0.717) is 23.9 Å². The van der Waals surface area contributed by atoms with Gasteiger partial charge in [-0.3, -0.25) is 4.79 Å². The molecular formula is C20H28N4O2. The number of anilines is 2. The van der Waals surface area contributed by atoms with E-state index in [-0.39, 0.29) is 5.91 Å². The number of amides is 1. The van der Waals surface area contributed by atoms with Crippen LogP contribution in [0.5, 0.6) is 5.75 Å². The molecule has 2 rings (SSSR count). The molecule has 26 heavy (non-hydrogen) atoms. The Balaban J connectivity index is 2.19. The molecule has 0 aliphatic rings. The molecule has 1 aromatic heterocycles. The van der Waals surface area contributed by atoms with Crippen LogP contribution in [-0.2, 0) is 0 Å². The summed E-state index contributed by atoms with van der Waals surface area (Å²) >= 11 is 0. The van der Waals surface area contributed by atoms with E-state index in [1.807, 2.05) is 36.1 Å². The van der Waals surface area contributed by atoms with Crippen molar-refractivity contribution in [3.8, 4) is 5.75 Å². The van der Waals surface area contributed by atoms with Gasteiger partial charge in [0.1, 0.15) is 23.1 Å². The summed E-state index contributed by atoms with van der Waals surface area (Å²) in [5.41, 5.74) is 1.30. The van der Waals surface area contributed by atoms with Crippen LogP contribution >= 0.6 is 0 Å². The van der Waals surface area contributed by atoms with Gasteiger partial charge in [0.05, 0.1) is 6.61 Å². The first-order valence-corrected chi connectivity index (χ1v) is 9.22. The van der Waals surface area contributed by atoms with Crippen LogP contribution in [0.2, 0.25) is 0 Å². The van der Waals surface area contributed by atoms with E-state index < -0.39 is 0 Å². The molecule has 1 N–H and O–H groups in total. The van der Waals surface area contributed by atoms with Crippen molar-refractivity contribution in [2.24, 2.45) is 0 Å². The largest absolute Gasteiger partial charge is 0.494 e. The third-order valence-electron chi connectivity index (χ3n) is 3.77. The van der Waals surface area contributed by atoms with Crippen molar-refractivity contribution in [3.63, 3.8) is 0 Å². The van der Waals surface area contributed by atoms with Crippen molar-refractivity contribution in [1.82, 2.24) is 14.9 Å². The zero-order valence-corrected chi connectivity index (χ0v) is 16.1. The Labute approximate surface area is 155 Å². The second kappa shape index (κ2) is 9.75. The van der Waals surface area contributed by atoms with Gasteiger partial charge >= 0.3 is 0 Å². The fourth-order valence-corrected chi connectivity index (χ4v) is 2.71. The van der Waals surface area contributed by atoms with Crippen molar-refractivity contribution in [2.75, 3.05) is 25.0 Å². The molecule has 0 fully saturated rings. The third kappa shape index (κ3) is 5.44. The lowest BCUT2D eigenvalue weighted by Crippen LogP contribution is -2.33. The molecule has 0 aliphatic heterocycles. The minimum atomic E-state index is -0.0473. The lowest BCUT2D eigenvalue weighted by atomic mass is 10.2. The Morgan fingerprint density at radius 3 is 2.31 bits per heavy atom. The maximum Gasteiger partial charge on any atom is 0.272 e. The molecule has 1 heterocycles. The van der Waals surface area contributed by atoms with Crippen LogP contribution in [0.25, 0.3) is 0 Å². The quantitative estimate of drug-likeness (QED) is 0.730. The lowest BCUT2D eigenvalue weighted by molar-refractivity contribution is 0.0749. The SMILES string of the molecule is CCCN(CCC)C(=O)c1cc(Nc2ccc(OCC)cc2)nc(C)n1. The number of aryl methyl sites for hydroxylation is 1. The zero-order valence-electron chi connectivity index (χ0n) is 16.1. The summed E-state index contributed by atoms with van der Waals surface area (Å²) in [6, 6.07) is 9.35. The number of hydrogen-bond donors (Lipinski definition) is 1. The van der Waals surface area contributed by atoms with Crippen LogP contribution in [0.4, 0.5) is 11.5 Å². The molecule has 0 spiro atoms. The highest BCUT2D eigenvalue weighted by Crippen LogP contribution is 2.20. The summed E-state index contributed by atoms with van der Waals surface area (Å²) in [7, 11) is 0. The molecule has 6 heteroatoms. The van der Waals surface area contributed by atoms with Crippen molar-refractivity contribution < 1.29 is 9.53 Å². The smallest absolute Gasteiger partial charge is 0.272 e.